The monoisotopic (exact) mass is 474 g/mol. The zero-order valence-electron chi connectivity index (χ0n) is 22.2. The molecule has 0 bridgehead atoms. The molecule has 0 amide bonds. The summed E-state index contributed by atoms with van der Waals surface area (Å²) in [6.07, 6.45) is 14.5. The number of ether oxygens (including phenoxy) is 1. The van der Waals surface area contributed by atoms with Gasteiger partial charge in [0, 0.05) is 11.1 Å². The molecule has 3 nitrogen and oxygen atoms in total. The van der Waals surface area contributed by atoms with Gasteiger partial charge in [0.05, 0.1) is 13.2 Å². The van der Waals surface area contributed by atoms with Gasteiger partial charge >= 0.3 is 0 Å². The fraction of sp³-hybridized carbons (Fsp3) is 0.323. The number of benzene rings is 2. The molecule has 1 atom stereocenters. The van der Waals surface area contributed by atoms with Gasteiger partial charge in [-0.1, -0.05) is 61.9 Å². The average molecular weight is 475 g/mol. The van der Waals surface area contributed by atoms with Gasteiger partial charge in [0.1, 0.15) is 17.4 Å². The second-order valence-electron chi connectivity index (χ2n) is 8.44. The summed E-state index contributed by atoms with van der Waals surface area (Å²) in [6.45, 7) is 12.5. The molecule has 0 aliphatic rings. The molecular weight excluding hydrogens is 435 g/mol. The molecule has 0 aromatic heterocycles. The molecule has 0 fully saturated rings. The summed E-state index contributed by atoms with van der Waals surface area (Å²) in [7, 11) is 1.67. The Balaban J connectivity index is 2.60. The minimum Gasteiger partial charge on any atom is -0.496 e. The Kier molecular flexibility index (Phi) is 11.2. The SMILES string of the molecule is C\C=C(/C=C\C(C)=C\CC)C(C)N=C(N/C=C/CC)c1cc(-c2ccc(F)cc2)cc(OC)c1C. The van der Waals surface area contributed by atoms with Crippen molar-refractivity contribution < 1.29 is 9.13 Å². The minimum atomic E-state index is -0.258. The number of nitrogens with zero attached hydrogens (tertiary/aromatic N) is 1. The van der Waals surface area contributed by atoms with Crippen LogP contribution in [0.5, 0.6) is 5.75 Å². The Morgan fingerprint density at radius 2 is 1.80 bits per heavy atom. The summed E-state index contributed by atoms with van der Waals surface area (Å²) >= 11 is 0. The molecule has 2 aromatic carbocycles. The molecule has 0 aliphatic heterocycles. The lowest BCUT2D eigenvalue weighted by Gasteiger charge is -2.18. The van der Waals surface area contributed by atoms with Gasteiger partial charge in [-0.2, -0.15) is 0 Å². The molecule has 0 saturated heterocycles. The molecule has 4 heteroatoms. The molecule has 0 aliphatic carbocycles. The molecular formula is C31H39FN2O. The third kappa shape index (κ3) is 8.10. The summed E-state index contributed by atoms with van der Waals surface area (Å²) in [4.78, 5) is 5.10. The van der Waals surface area contributed by atoms with E-state index < -0.39 is 0 Å². The summed E-state index contributed by atoms with van der Waals surface area (Å²) in [5.74, 6) is 1.26. The molecule has 2 rings (SSSR count). The van der Waals surface area contributed by atoms with E-state index in [0.29, 0.717) is 0 Å². The van der Waals surface area contributed by atoms with Crippen LogP contribution in [0.1, 0.15) is 58.6 Å². The molecule has 186 valence electrons. The molecule has 0 radical (unpaired) electrons. The van der Waals surface area contributed by atoms with Crippen molar-refractivity contribution in [3.05, 3.63) is 101 Å². The van der Waals surface area contributed by atoms with Crippen molar-refractivity contribution in [1.82, 2.24) is 5.32 Å². The number of amidine groups is 1. The first-order chi connectivity index (χ1) is 16.8. The van der Waals surface area contributed by atoms with E-state index in [4.69, 9.17) is 9.73 Å². The highest BCUT2D eigenvalue weighted by molar-refractivity contribution is 6.02. The summed E-state index contributed by atoms with van der Waals surface area (Å²) in [6, 6.07) is 10.5. The van der Waals surface area contributed by atoms with E-state index in [1.165, 1.54) is 17.7 Å². The van der Waals surface area contributed by atoms with Crippen LogP contribution in [0.15, 0.2) is 89.1 Å². The predicted molar refractivity (Wildman–Crippen MR) is 149 cm³/mol. The topological polar surface area (TPSA) is 33.6 Å². The molecule has 0 spiro atoms. The van der Waals surface area contributed by atoms with Crippen molar-refractivity contribution in [2.45, 2.75) is 60.4 Å². The van der Waals surface area contributed by atoms with Crippen LogP contribution in [0, 0.1) is 12.7 Å². The van der Waals surface area contributed by atoms with Gasteiger partial charge in [0.15, 0.2) is 0 Å². The van der Waals surface area contributed by atoms with Crippen molar-refractivity contribution in [3.63, 3.8) is 0 Å². The minimum absolute atomic E-state index is 0.0666. The second-order valence-corrected chi connectivity index (χ2v) is 8.44. The quantitative estimate of drug-likeness (QED) is 0.213. The van der Waals surface area contributed by atoms with Crippen LogP contribution in [0.2, 0.25) is 0 Å². The number of nitrogens with one attached hydrogen (secondary N) is 1. The van der Waals surface area contributed by atoms with E-state index in [1.807, 2.05) is 26.1 Å². The second kappa shape index (κ2) is 14.1. The number of rotatable bonds is 10. The number of halogens is 1. The first-order valence-corrected chi connectivity index (χ1v) is 12.3. The third-order valence-electron chi connectivity index (χ3n) is 5.79. The zero-order chi connectivity index (χ0) is 25.8. The van der Waals surface area contributed by atoms with Gasteiger partial charge in [0.25, 0.3) is 0 Å². The van der Waals surface area contributed by atoms with E-state index in [0.717, 1.165) is 52.3 Å². The normalized spacial score (nSPS) is 14.1. The van der Waals surface area contributed by atoms with Gasteiger partial charge in [-0.05, 0) is 87.7 Å². The summed E-state index contributed by atoms with van der Waals surface area (Å²) in [5.41, 5.74) is 6.15. The standard InChI is InChI=1S/C31H39FN2O/c1-8-11-19-33-31(34-24(6)25(10-3)14-13-22(4)12-9-2)29-20-27(21-30(35-7)23(29)5)26-15-17-28(32)18-16-26/h10-21,24H,8-9H2,1-7H3,(H,33,34)/b14-13-,19-11+,22-12+,25-10+. The lowest BCUT2D eigenvalue weighted by Crippen LogP contribution is -2.23. The van der Waals surface area contributed by atoms with E-state index >= 15 is 0 Å². The van der Waals surface area contributed by atoms with Crippen LogP contribution < -0.4 is 10.1 Å². The van der Waals surface area contributed by atoms with E-state index in [2.05, 4.69) is 69.5 Å². The number of methoxy groups -OCH3 is 1. The molecule has 0 saturated carbocycles. The number of allylic oxidation sites excluding steroid dienone is 5. The lowest BCUT2D eigenvalue weighted by atomic mass is 9.97. The van der Waals surface area contributed by atoms with Gasteiger partial charge in [0.2, 0.25) is 0 Å². The van der Waals surface area contributed by atoms with Crippen molar-refractivity contribution in [2.24, 2.45) is 4.99 Å². The van der Waals surface area contributed by atoms with Crippen molar-refractivity contribution in [2.75, 3.05) is 7.11 Å². The van der Waals surface area contributed by atoms with E-state index in [-0.39, 0.29) is 11.9 Å². The molecule has 1 N–H and O–H groups in total. The van der Waals surface area contributed by atoms with Crippen LogP contribution in [0.3, 0.4) is 0 Å². The highest BCUT2D eigenvalue weighted by Crippen LogP contribution is 2.31. The lowest BCUT2D eigenvalue weighted by molar-refractivity contribution is 0.412. The highest BCUT2D eigenvalue weighted by Gasteiger charge is 2.15. The van der Waals surface area contributed by atoms with Crippen LogP contribution in [-0.4, -0.2) is 19.0 Å². The Hall–Kier alpha value is -3.40. The van der Waals surface area contributed by atoms with Gasteiger partial charge in [-0.3, -0.25) is 4.99 Å². The summed E-state index contributed by atoms with van der Waals surface area (Å²) < 4.78 is 19.2. The van der Waals surface area contributed by atoms with Crippen LogP contribution >= 0.6 is 0 Å². The molecule has 2 aromatic rings. The Labute approximate surface area is 210 Å². The fourth-order valence-electron chi connectivity index (χ4n) is 3.76. The first-order valence-electron chi connectivity index (χ1n) is 12.3. The van der Waals surface area contributed by atoms with Crippen LogP contribution in [0.4, 0.5) is 4.39 Å². The zero-order valence-corrected chi connectivity index (χ0v) is 22.2. The number of hydrogen-bond acceptors (Lipinski definition) is 2. The van der Waals surface area contributed by atoms with E-state index in [1.54, 1.807) is 19.2 Å². The van der Waals surface area contributed by atoms with Gasteiger partial charge in [-0.15, -0.1) is 0 Å². The Morgan fingerprint density at radius 3 is 2.40 bits per heavy atom. The predicted octanol–water partition coefficient (Wildman–Crippen LogP) is 8.32. The maximum Gasteiger partial charge on any atom is 0.133 e. The smallest absolute Gasteiger partial charge is 0.133 e. The van der Waals surface area contributed by atoms with Gasteiger partial charge in [-0.25, -0.2) is 4.39 Å². The molecule has 35 heavy (non-hydrogen) atoms. The fourth-order valence-corrected chi connectivity index (χ4v) is 3.76. The van der Waals surface area contributed by atoms with Crippen molar-refractivity contribution in [1.29, 1.82) is 0 Å². The summed E-state index contributed by atoms with van der Waals surface area (Å²) in [5, 5.41) is 3.40. The molecule has 0 heterocycles. The molecule has 1 unspecified atom stereocenters. The van der Waals surface area contributed by atoms with Crippen molar-refractivity contribution in [3.8, 4) is 16.9 Å². The first kappa shape index (κ1) is 27.8. The third-order valence-corrected chi connectivity index (χ3v) is 5.79. The highest BCUT2D eigenvalue weighted by atomic mass is 19.1. The Bertz CT molecular complexity index is 1120. The Morgan fingerprint density at radius 1 is 1.09 bits per heavy atom. The van der Waals surface area contributed by atoms with Crippen molar-refractivity contribution >= 4 is 5.84 Å². The van der Waals surface area contributed by atoms with Gasteiger partial charge < -0.3 is 10.1 Å². The number of aliphatic imine (C=N–C) groups is 1. The van der Waals surface area contributed by atoms with E-state index in [9.17, 15) is 4.39 Å². The maximum absolute atomic E-state index is 13.5. The van der Waals surface area contributed by atoms with Crippen LogP contribution in [-0.2, 0) is 0 Å². The largest absolute Gasteiger partial charge is 0.496 e. The maximum atomic E-state index is 13.5. The number of hydrogen-bond donors (Lipinski definition) is 1. The van der Waals surface area contributed by atoms with Crippen LogP contribution in [0.25, 0.3) is 11.1 Å². The average Bonchev–Trinajstić information content (AvgIpc) is 2.85.